The van der Waals surface area contributed by atoms with Crippen molar-refractivity contribution >= 4 is 5.84 Å². The lowest BCUT2D eigenvalue weighted by atomic mass is 10.2. The molecule has 0 spiro atoms. The van der Waals surface area contributed by atoms with Crippen molar-refractivity contribution < 1.29 is 0 Å². The van der Waals surface area contributed by atoms with Crippen molar-refractivity contribution in [2.45, 2.75) is 20.8 Å². The standard InChI is InChI=1S/C8H16N2/c1-5-7(3)8(9-4)10-6-2/h5H,6H2,1-4H3,(H,9,10)/b7-5+. The van der Waals surface area contributed by atoms with E-state index >= 15 is 0 Å². The van der Waals surface area contributed by atoms with Gasteiger partial charge in [0.05, 0.1) is 0 Å². The summed E-state index contributed by atoms with van der Waals surface area (Å²) in [5.41, 5.74) is 1.20. The van der Waals surface area contributed by atoms with Crippen LogP contribution >= 0.6 is 0 Å². The topological polar surface area (TPSA) is 24.4 Å². The van der Waals surface area contributed by atoms with Gasteiger partial charge in [0.1, 0.15) is 5.84 Å². The number of rotatable bonds is 2. The maximum absolute atomic E-state index is 4.09. The summed E-state index contributed by atoms with van der Waals surface area (Å²) in [6, 6.07) is 0. The molecule has 0 amide bonds. The van der Waals surface area contributed by atoms with Crippen LogP contribution in [0.5, 0.6) is 0 Å². The van der Waals surface area contributed by atoms with Gasteiger partial charge in [-0.25, -0.2) is 0 Å². The van der Waals surface area contributed by atoms with Crippen LogP contribution in [0.4, 0.5) is 0 Å². The second kappa shape index (κ2) is 5.03. The monoisotopic (exact) mass is 140 g/mol. The Bertz CT molecular complexity index is 145. The van der Waals surface area contributed by atoms with E-state index < -0.39 is 0 Å². The number of nitrogens with zero attached hydrogens (tertiary/aromatic N) is 1. The first-order valence-electron chi connectivity index (χ1n) is 3.60. The summed E-state index contributed by atoms with van der Waals surface area (Å²) in [6.07, 6.45) is 2.05. The summed E-state index contributed by atoms with van der Waals surface area (Å²) >= 11 is 0. The van der Waals surface area contributed by atoms with Crippen LogP contribution in [-0.4, -0.2) is 19.4 Å². The van der Waals surface area contributed by atoms with Gasteiger partial charge in [-0.2, -0.15) is 0 Å². The summed E-state index contributed by atoms with van der Waals surface area (Å²) in [7, 11) is 1.80. The fourth-order valence-electron chi connectivity index (χ4n) is 0.699. The van der Waals surface area contributed by atoms with E-state index in [2.05, 4.69) is 17.2 Å². The highest BCUT2D eigenvalue weighted by atomic mass is 15.0. The molecule has 0 saturated carbocycles. The summed E-state index contributed by atoms with van der Waals surface area (Å²) in [5.74, 6) is 0.991. The van der Waals surface area contributed by atoms with Crippen LogP contribution in [-0.2, 0) is 0 Å². The first kappa shape index (κ1) is 9.21. The molecule has 0 aromatic rings. The Morgan fingerprint density at radius 3 is 2.50 bits per heavy atom. The summed E-state index contributed by atoms with van der Waals surface area (Å²) in [6.45, 7) is 7.05. The Morgan fingerprint density at radius 2 is 2.20 bits per heavy atom. The minimum absolute atomic E-state index is 0.928. The average Bonchev–Trinajstić information content (AvgIpc) is 1.99. The maximum Gasteiger partial charge on any atom is 0.123 e. The van der Waals surface area contributed by atoms with Crippen LogP contribution in [0.25, 0.3) is 0 Å². The lowest BCUT2D eigenvalue weighted by Gasteiger charge is -2.05. The molecule has 0 unspecified atom stereocenters. The predicted octanol–water partition coefficient (Wildman–Crippen LogP) is 1.59. The molecule has 0 aliphatic heterocycles. The number of aliphatic imine (C=N–C) groups is 1. The van der Waals surface area contributed by atoms with Crippen molar-refractivity contribution in [2.24, 2.45) is 4.99 Å². The van der Waals surface area contributed by atoms with Gasteiger partial charge in [-0.3, -0.25) is 4.99 Å². The van der Waals surface area contributed by atoms with Crippen LogP contribution in [0, 0.1) is 0 Å². The van der Waals surface area contributed by atoms with E-state index in [9.17, 15) is 0 Å². The number of likely N-dealkylation sites (N-methyl/N-ethyl adjacent to an activating group) is 1. The van der Waals surface area contributed by atoms with Gasteiger partial charge >= 0.3 is 0 Å². The SMILES string of the molecule is C/C=C(\C)C(=NC)NCC. The zero-order chi connectivity index (χ0) is 7.98. The second-order valence-electron chi connectivity index (χ2n) is 2.07. The van der Waals surface area contributed by atoms with E-state index in [1.54, 1.807) is 7.05 Å². The number of nitrogens with one attached hydrogen (secondary N) is 1. The largest absolute Gasteiger partial charge is 0.370 e. The zero-order valence-electron chi connectivity index (χ0n) is 7.23. The molecule has 0 rings (SSSR count). The molecule has 0 aliphatic rings. The minimum atomic E-state index is 0.928. The molecule has 0 aromatic heterocycles. The van der Waals surface area contributed by atoms with Crippen molar-refractivity contribution in [3.05, 3.63) is 11.6 Å². The van der Waals surface area contributed by atoms with Crippen LogP contribution in [0.2, 0.25) is 0 Å². The molecule has 2 nitrogen and oxygen atoms in total. The van der Waals surface area contributed by atoms with Gasteiger partial charge < -0.3 is 5.32 Å². The molecule has 10 heavy (non-hydrogen) atoms. The smallest absolute Gasteiger partial charge is 0.123 e. The Kier molecular flexibility index (Phi) is 4.63. The molecular weight excluding hydrogens is 124 g/mol. The van der Waals surface area contributed by atoms with E-state index in [-0.39, 0.29) is 0 Å². The van der Waals surface area contributed by atoms with Crippen LogP contribution in [0.1, 0.15) is 20.8 Å². The molecular formula is C8H16N2. The van der Waals surface area contributed by atoms with Crippen LogP contribution in [0.15, 0.2) is 16.6 Å². The fourth-order valence-corrected chi connectivity index (χ4v) is 0.699. The average molecular weight is 140 g/mol. The van der Waals surface area contributed by atoms with Gasteiger partial charge in [0, 0.05) is 13.6 Å². The van der Waals surface area contributed by atoms with E-state index in [0.717, 1.165) is 12.4 Å². The number of hydrogen-bond acceptors (Lipinski definition) is 1. The lowest BCUT2D eigenvalue weighted by Crippen LogP contribution is -2.23. The zero-order valence-corrected chi connectivity index (χ0v) is 7.23. The lowest BCUT2D eigenvalue weighted by molar-refractivity contribution is 0.958. The van der Waals surface area contributed by atoms with Crippen molar-refractivity contribution in [3.63, 3.8) is 0 Å². The normalized spacial score (nSPS) is 13.6. The molecule has 0 atom stereocenters. The molecule has 0 aromatic carbocycles. The molecule has 0 saturated heterocycles. The highest BCUT2D eigenvalue weighted by Crippen LogP contribution is 1.92. The van der Waals surface area contributed by atoms with E-state index in [0.29, 0.717) is 0 Å². The van der Waals surface area contributed by atoms with Gasteiger partial charge in [0.15, 0.2) is 0 Å². The second-order valence-corrected chi connectivity index (χ2v) is 2.07. The molecule has 58 valence electrons. The van der Waals surface area contributed by atoms with Crippen LogP contribution < -0.4 is 5.32 Å². The third-order valence-electron chi connectivity index (χ3n) is 1.37. The molecule has 0 bridgehead atoms. The Balaban J connectivity index is 4.09. The molecule has 0 aliphatic carbocycles. The van der Waals surface area contributed by atoms with Crippen molar-refractivity contribution in [1.29, 1.82) is 0 Å². The fraction of sp³-hybridized carbons (Fsp3) is 0.625. The number of amidine groups is 1. The third kappa shape index (κ3) is 2.67. The Hall–Kier alpha value is -0.790. The van der Waals surface area contributed by atoms with Gasteiger partial charge in [0.2, 0.25) is 0 Å². The van der Waals surface area contributed by atoms with Gasteiger partial charge in [-0.15, -0.1) is 0 Å². The summed E-state index contributed by atoms with van der Waals surface area (Å²) in [4.78, 5) is 4.09. The molecule has 0 fully saturated rings. The van der Waals surface area contributed by atoms with Gasteiger partial charge in [-0.05, 0) is 26.3 Å². The summed E-state index contributed by atoms with van der Waals surface area (Å²) in [5, 5.41) is 3.16. The Labute approximate surface area is 63.0 Å². The number of allylic oxidation sites excluding steroid dienone is 1. The van der Waals surface area contributed by atoms with Gasteiger partial charge in [0.25, 0.3) is 0 Å². The minimum Gasteiger partial charge on any atom is -0.370 e. The quantitative estimate of drug-likeness (QED) is 0.457. The molecule has 1 N–H and O–H groups in total. The first-order valence-corrected chi connectivity index (χ1v) is 3.60. The Morgan fingerprint density at radius 1 is 1.60 bits per heavy atom. The van der Waals surface area contributed by atoms with Crippen molar-refractivity contribution in [2.75, 3.05) is 13.6 Å². The van der Waals surface area contributed by atoms with Gasteiger partial charge in [-0.1, -0.05) is 6.08 Å². The third-order valence-corrected chi connectivity index (χ3v) is 1.37. The highest BCUT2D eigenvalue weighted by Gasteiger charge is 1.94. The maximum atomic E-state index is 4.09. The van der Waals surface area contributed by atoms with Crippen molar-refractivity contribution in [3.8, 4) is 0 Å². The van der Waals surface area contributed by atoms with E-state index in [1.165, 1.54) is 5.57 Å². The molecule has 0 heterocycles. The first-order chi connectivity index (χ1) is 4.76. The molecule has 0 radical (unpaired) electrons. The molecule has 2 heteroatoms. The van der Waals surface area contributed by atoms with Crippen LogP contribution in [0.3, 0.4) is 0 Å². The van der Waals surface area contributed by atoms with Crippen molar-refractivity contribution in [1.82, 2.24) is 5.32 Å². The number of hydrogen-bond donors (Lipinski definition) is 1. The highest BCUT2D eigenvalue weighted by molar-refractivity contribution is 5.97. The van der Waals surface area contributed by atoms with E-state index in [1.807, 2.05) is 19.9 Å². The summed E-state index contributed by atoms with van der Waals surface area (Å²) < 4.78 is 0. The predicted molar refractivity (Wildman–Crippen MR) is 46.5 cm³/mol. The van der Waals surface area contributed by atoms with E-state index in [4.69, 9.17) is 0 Å².